The molecular weight excluding hydrogens is 487 g/mol. The van der Waals surface area contributed by atoms with Gasteiger partial charge in [-0.1, -0.05) is 25.3 Å². The molecule has 0 bridgehead atoms. The van der Waals surface area contributed by atoms with Crippen molar-refractivity contribution in [1.82, 2.24) is 10.4 Å². The van der Waals surface area contributed by atoms with Crippen molar-refractivity contribution in [3.05, 3.63) is 30.1 Å². The standard InChI is InChI=1S/C14H20N4S.ClH.Pt/c1-11(13-9-5-6-10-15-13)17-18-14(19)16-12-7-3-2-4-8-12;;/h5-6,9-10,12H,2-4,7-8H2,1H3,(H2,16,18,19);1H;/q;;+2/p-2/b17-11+;;. The van der Waals surface area contributed by atoms with E-state index in [1.165, 1.54) is 19.3 Å². The number of amidine groups is 1. The third-order valence-electron chi connectivity index (χ3n) is 3.23. The Labute approximate surface area is 147 Å². The van der Waals surface area contributed by atoms with E-state index in [-0.39, 0.29) is 0 Å². The second-order valence-corrected chi connectivity index (χ2v) is 5.14. The Balaban J connectivity index is 0.00000106. The number of pyridine rings is 1. The second-order valence-electron chi connectivity index (χ2n) is 4.75. The van der Waals surface area contributed by atoms with Gasteiger partial charge in [-0.15, -0.1) is 0 Å². The first-order valence-corrected chi connectivity index (χ1v) is 10.1. The van der Waals surface area contributed by atoms with E-state index >= 15 is 0 Å². The Hall–Kier alpha value is -0.512. The molecule has 0 aliphatic heterocycles. The minimum absolute atomic E-state index is 0.374. The Morgan fingerprint density at radius 3 is 2.67 bits per heavy atom. The van der Waals surface area contributed by atoms with Crippen LogP contribution in [0.3, 0.4) is 0 Å². The number of aliphatic imine (C=N–C) groups is 1. The quantitative estimate of drug-likeness (QED) is 0.297. The van der Waals surface area contributed by atoms with Crippen LogP contribution in [0.2, 0.25) is 0 Å². The number of nitrogens with one attached hydrogen (secondary N) is 1. The van der Waals surface area contributed by atoms with E-state index in [0.29, 0.717) is 11.2 Å². The van der Waals surface area contributed by atoms with Crippen molar-refractivity contribution in [2.45, 2.75) is 45.1 Å². The van der Waals surface area contributed by atoms with Crippen LogP contribution >= 0.6 is 9.42 Å². The van der Waals surface area contributed by atoms with Crippen molar-refractivity contribution >= 4 is 32.9 Å². The Morgan fingerprint density at radius 1 is 1.33 bits per heavy atom. The molecule has 1 N–H and O–H groups in total. The zero-order chi connectivity index (χ0) is 15.5. The maximum absolute atomic E-state index is 5.20. The molecule has 1 aliphatic carbocycles. The van der Waals surface area contributed by atoms with Gasteiger partial charge in [-0.25, -0.2) is 0 Å². The maximum atomic E-state index is 5.20. The second kappa shape index (κ2) is 11.1. The van der Waals surface area contributed by atoms with Gasteiger partial charge in [0.15, 0.2) is 0 Å². The van der Waals surface area contributed by atoms with Gasteiger partial charge < -0.3 is 12.6 Å². The average Bonchev–Trinajstić information content (AvgIpc) is 2.56. The Bertz CT molecular complexity index is 461. The molecule has 0 radical (unpaired) electrons. The van der Waals surface area contributed by atoms with Gasteiger partial charge in [-0.3, -0.25) is 15.4 Å². The predicted molar refractivity (Wildman–Crippen MR) is 87.1 cm³/mol. The molecule has 1 aromatic rings. The Kier molecular flexibility index (Phi) is 9.81. The first-order valence-electron chi connectivity index (χ1n) is 6.84. The summed E-state index contributed by atoms with van der Waals surface area (Å²) in [6, 6.07) is 6.11. The predicted octanol–water partition coefficient (Wildman–Crippen LogP) is 3.32. The number of hydrazone groups is 1. The zero-order valence-electron chi connectivity index (χ0n) is 11.9. The normalized spacial score (nSPS) is 17.0. The number of halogens is 1. The van der Waals surface area contributed by atoms with E-state index in [4.69, 9.17) is 12.6 Å². The summed E-state index contributed by atoms with van der Waals surface area (Å²) in [5, 5.41) is 4.70. The zero-order valence-corrected chi connectivity index (χ0v) is 15.7. The molecule has 0 aromatic carbocycles. The van der Waals surface area contributed by atoms with Crippen molar-refractivity contribution in [2.24, 2.45) is 10.1 Å². The summed E-state index contributed by atoms with van der Waals surface area (Å²) in [6.07, 6.45) is 7.87. The summed E-state index contributed by atoms with van der Waals surface area (Å²) in [4.78, 5) is 8.72. The van der Waals surface area contributed by atoms with Crippen molar-refractivity contribution < 1.29 is 18.8 Å². The van der Waals surface area contributed by atoms with Gasteiger partial charge in [0.25, 0.3) is 0 Å². The van der Waals surface area contributed by atoms with Crippen LogP contribution in [0.1, 0.15) is 44.7 Å². The summed E-state index contributed by atoms with van der Waals surface area (Å²) in [7, 11) is 4.61. The van der Waals surface area contributed by atoms with E-state index in [0.717, 1.165) is 24.2 Å². The van der Waals surface area contributed by atoms with E-state index < -0.39 is 0 Å². The van der Waals surface area contributed by atoms with E-state index in [1.54, 1.807) is 25.0 Å². The molecule has 0 spiro atoms. The molecule has 0 saturated heterocycles. The van der Waals surface area contributed by atoms with E-state index in [1.807, 2.05) is 25.1 Å². The van der Waals surface area contributed by atoms with Crippen LogP contribution in [0.25, 0.3) is 0 Å². The molecule has 0 unspecified atom stereocenters. The summed E-state index contributed by atoms with van der Waals surface area (Å²) in [5.41, 5.74) is 4.49. The van der Waals surface area contributed by atoms with E-state index in [2.05, 4.69) is 29.9 Å². The summed E-state index contributed by atoms with van der Waals surface area (Å²) < 4.78 is 0. The van der Waals surface area contributed by atoms with Gasteiger partial charge in [0.2, 0.25) is 0 Å². The first-order chi connectivity index (χ1) is 10.3. The van der Waals surface area contributed by atoms with Crippen molar-refractivity contribution in [3.8, 4) is 0 Å². The SMILES string of the molecule is C/C(=N\NC([S-])=NC1CCCCC1)c1ccccn1.[Cl][Pt+]. The number of hydrogen-bond donors (Lipinski definition) is 1. The van der Waals surface area contributed by atoms with Crippen LogP contribution in [0, 0.1) is 0 Å². The first kappa shape index (κ1) is 18.5. The molecule has 118 valence electrons. The summed E-state index contributed by atoms with van der Waals surface area (Å²) in [5.74, 6) is 0. The topological polar surface area (TPSA) is 49.6 Å². The molecule has 1 saturated carbocycles. The van der Waals surface area contributed by atoms with Crippen LogP contribution in [-0.4, -0.2) is 21.9 Å². The monoisotopic (exact) mass is 505 g/mol. The number of aromatic nitrogens is 1. The number of rotatable bonds is 3. The third-order valence-corrected chi connectivity index (χ3v) is 3.43. The van der Waals surface area contributed by atoms with Crippen molar-refractivity contribution in [1.29, 1.82) is 0 Å². The number of hydrogen-bond acceptors (Lipinski definition) is 4. The van der Waals surface area contributed by atoms with Gasteiger partial charge in [0.1, 0.15) is 0 Å². The Morgan fingerprint density at radius 2 is 2.05 bits per heavy atom. The fourth-order valence-electron chi connectivity index (χ4n) is 2.17. The van der Waals surface area contributed by atoms with Crippen LogP contribution in [0.15, 0.2) is 34.5 Å². The molecular formula is C14H19ClN4PtS. The van der Waals surface area contributed by atoms with Gasteiger partial charge >= 0.3 is 28.2 Å². The minimum atomic E-state index is 0.374. The van der Waals surface area contributed by atoms with Gasteiger partial charge in [-0.2, -0.15) is 5.10 Å². The third kappa shape index (κ3) is 7.34. The molecule has 1 fully saturated rings. The average molecular weight is 506 g/mol. The molecule has 0 atom stereocenters. The molecule has 1 aromatic heterocycles. The molecule has 1 heterocycles. The molecule has 1 aliphatic rings. The van der Waals surface area contributed by atoms with Gasteiger partial charge in [-0.05, 0) is 37.1 Å². The van der Waals surface area contributed by atoms with Gasteiger partial charge in [0, 0.05) is 12.2 Å². The van der Waals surface area contributed by atoms with Crippen molar-refractivity contribution in [2.75, 3.05) is 0 Å². The molecule has 0 amide bonds. The van der Waals surface area contributed by atoms with E-state index in [9.17, 15) is 0 Å². The molecule has 4 nitrogen and oxygen atoms in total. The molecule has 2 rings (SSSR count). The van der Waals surface area contributed by atoms with Gasteiger partial charge in [0.05, 0.1) is 11.4 Å². The van der Waals surface area contributed by atoms with Crippen molar-refractivity contribution in [3.63, 3.8) is 0 Å². The van der Waals surface area contributed by atoms with Crippen LogP contribution in [-0.2, 0) is 31.4 Å². The number of nitrogens with zero attached hydrogens (tertiary/aromatic N) is 3. The summed E-state index contributed by atoms with van der Waals surface area (Å²) >= 11 is 6.81. The summed E-state index contributed by atoms with van der Waals surface area (Å²) in [6.45, 7) is 1.90. The fourth-order valence-corrected chi connectivity index (χ4v) is 2.37. The van der Waals surface area contributed by atoms with Crippen LogP contribution < -0.4 is 5.43 Å². The fraction of sp³-hybridized carbons (Fsp3) is 0.500. The van der Waals surface area contributed by atoms with Crippen LogP contribution in [0.5, 0.6) is 0 Å². The molecule has 21 heavy (non-hydrogen) atoms. The van der Waals surface area contributed by atoms with Crippen LogP contribution in [0.4, 0.5) is 0 Å². The molecule has 7 heteroatoms.